The number of aromatic nitrogens is 1. The quantitative estimate of drug-likeness (QED) is 0.241. The molecule has 5 rings (SSSR count). The van der Waals surface area contributed by atoms with Crippen molar-refractivity contribution in [3.63, 3.8) is 0 Å². The standard InChI is InChI=1S/C27H21Cl2N5OS2/c1-34-16-24(35-23-8-7-19(13-18(23)15-30)37-33-27-32-11-12-36-27)21(20-9-10-31-26(29)25(20)28)14-22(34)17-5-3-2-4-6-17/h2-14,27,32-33H,16H2,1H3. The number of likely N-dealkylation sites (N-methyl/N-ethyl adjacent to an activating group) is 1. The Morgan fingerprint density at radius 1 is 1.22 bits per heavy atom. The Morgan fingerprint density at radius 3 is 2.81 bits per heavy atom. The second-order valence-corrected chi connectivity index (χ2v) is 10.8. The van der Waals surface area contributed by atoms with Gasteiger partial charge in [-0.15, -0.1) is 0 Å². The molecule has 0 amide bonds. The van der Waals surface area contributed by atoms with Crippen LogP contribution in [0.2, 0.25) is 10.2 Å². The summed E-state index contributed by atoms with van der Waals surface area (Å²) in [4.78, 5) is 7.10. The van der Waals surface area contributed by atoms with E-state index in [0.717, 1.165) is 21.7 Å². The predicted molar refractivity (Wildman–Crippen MR) is 153 cm³/mol. The molecule has 0 radical (unpaired) electrons. The maximum Gasteiger partial charge on any atom is 0.148 e. The van der Waals surface area contributed by atoms with Gasteiger partial charge < -0.3 is 15.0 Å². The topological polar surface area (TPSA) is 73.2 Å². The van der Waals surface area contributed by atoms with E-state index in [0.29, 0.717) is 34.2 Å². The van der Waals surface area contributed by atoms with Gasteiger partial charge in [-0.1, -0.05) is 65.3 Å². The molecule has 3 heterocycles. The minimum absolute atomic E-state index is 0.0829. The number of nitrogens with one attached hydrogen (secondary N) is 2. The monoisotopic (exact) mass is 565 g/mol. The molecule has 0 fully saturated rings. The maximum atomic E-state index is 9.89. The van der Waals surface area contributed by atoms with E-state index in [1.807, 2.05) is 67.2 Å². The normalized spacial score (nSPS) is 16.9. The molecule has 0 saturated carbocycles. The summed E-state index contributed by atoms with van der Waals surface area (Å²) in [6.07, 6.45) is 5.55. The molecule has 0 spiro atoms. The van der Waals surface area contributed by atoms with Crippen LogP contribution in [0.25, 0.3) is 11.3 Å². The van der Waals surface area contributed by atoms with Gasteiger partial charge in [0.1, 0.15) is 28.2 Å². The number of allylic oxidation sites excluding steroid dienone is 2. The zero-order valence-electron chi connectivity index (χ0n) is 19.6. The van der Waals surface area contributed by atoms with Crippen molar-refractivity contribution in [3.05, 3.63) is 111 Å². The number of nitriles is 1. The van der Waals surface area contributed by atoms with Crippen LogP contribution >= 0.6 is 46.9 Å². The lowest BCUT2D eigenvalue weighted by atomic mass is 9.98. The van der Waals surface area contributed by atoms with Crippen LogP contribution in [0.15, 0.2) is 89.1 Å². The van der Waals surface area contributed by atoms with E-state index < -0.39 is 0 Å². The van der Waals surface area contributed by atoms with Crippen molar-refractivity contribution < 1.29 is 4.74 Å². The summed E-state index contributed by atoms with van der Waals surface area (Å²) in [7, 11) is 2.00. The molecule has 0 bridgehead atoms. The number of nitrogens with zero attached hydrogens (tertiary/aromatic N) is 3. The highest BCUT2D eigenvalue weighted by Gasteiger charge is 2.24. The molecule has 2 aliphatic rings. The Bertz CT molecular complexity index is 1440. The van der Waals surface area contributed by atoms with Crippen LogP contribution in [-0.4, -0.2) is 29.0 Å². The molecular formula is C27H21Cl2N5OS2. The number of ether oxygens (including phenoxy) is 1. The molecule has 37 heavy (non-hydrogen) atoms. The van der Waals surface area contributed by atoms with Crippen LogP contribution < -0.4 is 14.8 Å². The second kappa shape index (κ2) is 11.5. The molecule has 2 aliphatic heterocycles. The highest BCUT2D eigenvalue weighted by atomic mass is 35.5. The summed E-state index contributed by atoms with van der Waals surface area (Å²) in [5.41, 5.74) is 4.09. The molecule has 1 atom stereocenters. The third kappa shape index (κ3) is 5.77. The van der Waals surface area contributed by atoms with Gasteiger partial charge in [0.25, 0.3) is 0 Å². The smallest absolute Gasteiger partial charge is 0.148 e. The van der Waals surface area contributed by atoms with Gasteiger partial charge >= 0.3 is 0 Å². The number of thioether (sulfide) groups is 1. The fourth-order valence-corrected chi connectivity index (χ4v) is 5.75. The number of halogens is 2. The molecule has 186 valence electrons. The lowest BCUT2D eigenvalue weighted by molar-refractivity contribution is 0.360. The lowest BCUT2D eigenvalue weighted by Gasteiger charge is -2.30. The number of hydrogen-bond acceptors (Lipinski definition) is 8. The van der Waals surface area contributed by atoms with Crippen molar-refractivity contribution in [2.24, 2.45) is 0 Å². The van der Waals surface area contributed by atoms with Crippen LogP contribution in [0, 0.1) is 11.3 Å². The van der Waals surface area contributed by atoms with Gasteiger partial charge in [0, 0.05) is 41.2 Å². The van der Waals surface area contributed by atoms with Crippen molar-refractivity contribution in [1.29, 1.82) is 5.26 Å². The fraction of sp³-hybridized carbons (Fsp3) is 0.111. The molecule has 6 nitrogen and oxygen atoms in total. The minimum Gasteiger partial charge on any atom is -0.458 e. The number of benzene rings is 2. The molecule has 0 saturated heterocycles. The molecular weight excluding hydrogens is 545 g/mol. The summed E-state index contributed by atoms with van der Waals surface area (Å²) in [6.45, 7) is 0.465. The third-order valence-electron chi connectivity index (χ3n) is 5.70. The van der Waals surface area contributed by atoms with Crippen molar-refractivity contribution in [2.75, 3.05) is 13.6 Å². The highest BCUT2D eigenvalue weighted by molar-refractivity contribution is 8.04. The van der Waals surface area contributed by atoms with Gasteiger partial charge in [-0.05, 0) is 53.3 Å². The van der Waals surface area contributed by atoms with Crippen LogP contribution in [0.5, 0.6) is 5.75 Å². The summed E-state index contributed by atoms with van der Waals surface area (Å²) in [5, 5.41) is 15.6. The maximum absolute atomic E-state index is 9.89. The van der Waals surface area contributed by atoms with Gasteiger partial charge in [0.15, 0.2) is 0 Å². The van der Waals surface area contributed by atoms with Crippen molar-refractivity contribution in [1.82, 2.24) is 19.9 Å². The van der Waals surface area contributed by atoms with Gasteiger partial charge in [0.05, 0.1) is 17.1 Å². The number of hydrogen-bond donors (Lipinski definition) is 2. The average Bonchev–Trinajstić information content (AvgIpc) is 3.44. The Labute approximate surface area is 234 Å². The minimum atomic E-state index is 0.0829. The van der Waals surface area contributed by atoms with E-state index >= 15 is 0 Å². The zero-order valence-corrected chi connectivity index (χ0v) is 22.8. The first-order valence-electron chi connectivity index (χ1n) is 11.3. The van der Waals surface area contributed by atoms with Crippen LogP contribution in [0.3, 0.4) is 0 Å². The van der Waals surface area contributed by atoms with Crippen molar-refractivity contribution in [3.8, 4) is 11.8 Å². The third-order valence-corrected chi connectivity index (χ3v) is 8.28. The fourth-order valence-electron chi connectivity index (χ4n) is 3.92. The number of pyridine rings is 1. The lowest BCUT2D eigenvalue weighted by Crippen LogP contribution is -2.28. The Hall–Kier alpha value is -3.06. The Balaban J connectivity index is 1.51. The van der Waals surface area contributed by atoms with Gasteiger partial charge in [-0.3, -0.25) is 0 Å². The summed E-state index contributed by atoms with van der Waals surface area (Å²) < 4.78 is 9.73. The van der Waals surface area contributed by atoms with E-state index in [-0.39, 0.29) is 10.7 Å². The van der Waals surface area contributed by atoms with Gasteiger partial charge in [-0.2, -0.15) is 5.26 Å². The Kier molecular flexibility index (Phi) is 7.99. The average molecular weight is 567 g/mol. The van der Waals surface area contributed by atoms with Crippen molar-refractivity contribution in [2.45, 2.75) is 10.4 Å². The van der Waals surface area contributed by atoms with Crippen molar-refractivity contribution >= 4 is 58.2 Å². The van der Waals surface area contributed by atoms with Crippen LogP contribution in [-0.2, 0) is 0 Å². The largest absolute Gasteiger partial charge is 0.458 e. The Morgan fingerprint density at radius 2 is 2.05 bits per heavy atom. The molecule has 3 aromatic rings. The zero-order chi connectivity index (χ0) is 25.8. The first-order valence-corrected chi connectivity index (χ1v) is 13.8. The summed E-state index contributed by atoms with van der Waals surface area (Å²) >= 11 is 16.0. The first-order chi connectivity index (χ1) is 18.0. The highest BCUT2D eigenvalue weighted by Crippen LogP contribution is 2.38. The van der Waals surface area contributed by atoms with Gasteiger partial charge in [-0.25, -0.2) is 9.71 Å². The van der Waals surface area contributed by atoms with E-state index in [9.17, 15) is 5.26 Å². The molecule has 2 aromatic carbocycles. The predicted octanol–water partition coefficient (Wildman–Crippen LogP) is 6.72. The SMILES string of the molecule is CN1CC(Oc2ccc(SNC3NC=CS3)cc2C#N)=C(c2ccnc(Cl)c2Cl)C=C1c1ccccc1. The van der Waals surface area contributed by atoms with Crippen LogP contribution in [0.4, 0.5) is 0 Å². The second-order valence-electron chi connectivity index (χ2n) is 8.13. The molecule has 10 heteroatoms. The summed E-state index contributed by atoms with van der Waals surface area (Å²) in [6, 6.07) is 19.7. The van der Waals surface area contributed by atoms with Gasteiger partial charge in [0.2, 0.25) is 0 Å². The number of rotatable bonds is 7. The van der Waals surface area contributed by atoms with Crippen LogP contribution in [0.1, 0.15) is 16.7 Å². The molecule has 0 aliphatic carbocycles. The first kappa shape index (κ1) is 25.6. The van der Waals surface area contributed by atoms with E-state index in [1.54, 1.807) is 18.0 Å². The molecule has 1 unspecified atom stereocenters. The van der Waals surface area contributed by atoms with E-state index in [2.05, 4.69) is 38.1 Å². The summed E-state index contributed by atoms with van der Waals surface area (Å²) in [5.74, 6) is 1.12. The van der Waals surface area contributed by atoms with E-state index in [4.69, 9.17) is 27.9 Å². The molecule has 1 aromatic heterocycles. The molecule has 2 N–H and O–H groups in total. The van der Waals surface area contributed by atoms with E-state index in [1.165, 1.54) is 11.9 Å².